The summed E-state index contributed by atoms with van der Waals surface area (Å²) in [5.41, 5.74) is 11.8. The van der Waals surface area contributed by atoms with E-state index in [1.165, 1.54) is 33.2 Å². The Morgan fingerprint density at radius 2 is 0.938 bits per heavy atom. The molecule has 0 aliphatic rings. The maximum absolute atomic E-state index is 4.75. The smallest absolute Gasteiger partial charge is 0.0734 e. The van der Waals surface area contributed by atoms with Gasteiger partial charge < -0.3 is 0 Å². The number of para-hydroxylation sites is 1. The Labute approximate surface area is 293 Å². The molecule has 258 valence electrons. The highest BCUT2D eigenvalue weighted by Gasteiger charge is 2.16. The summed E-state index contributed by atoms with van der Waals surface area (Å²) in [6.07, 6.45) is 3.87. The molecule has 3 aromatic heterocycles. The zero-order chi connectivity index (χ0) is 36.5. The van der Waals surface area contributed by atoms with Crippen molar-refractivity contribution in [1.29, 1.82) is 0 Å². The zero-order valence-corrected chi connectivity index (χ0v) is 33.0. The standard InChI is InChI=1S/C14H17N.C11H16.2C10H15N/c1-10-6-5-7-11-8-9-12(14(2,3)4)15-13(10)11;1-9-5-7-10(8-6-9)11(2,3)4;1-8-5-6-9(7-11-8)10(2,3)4;1-8-5-6-9(11-7-8)10(2,3)4/h5-9H,1-4H3;5-8H,1-4H3;2*5-7H,1-4H3. The number of pyridine rings is 3. The van der Waals surface area contributed by atoms with Crippen molar-refractivity contribution in [3.05, 3.63) is 136 Å². The van der Waals surface area contributed by atoms with E-state index < -0.39 is 0 Å². The van der Waals surface area contributed by atoms with Gasteiger partial charge >= 0.3 is 0 Å². The summed E-state index contributed by atoms with van der Waals surface area (Å²) < 4.78 is 0. The number of hydrogen-bond donors (Lipinski definition) is 0. The second kappa shape index (κ2) is 16.5. The maximum atomic E-state index is 4.75. The van der Waals surface area contributed by atoms with Crippen LogP contribution in [0, 0.1) is 27.7 Å². The molecule has 5 aromatic rings. The van der Waals surface area contributed by atoms with Gasteiger partial charge in [0.15, 0.2) is 0 Å². The van der Waals surface area contributed by atoms with Gasteiger partial charge in [0, 0.05) is 45.7 Å². The van der Waals surface area contributed by atoms with Crippen LogP contribution in [-0.2, 0) is 21.7 Å². The Balaban J connectivity index is 0.000000225. The molecule has 0 unspecified atom stereocenters. The van der Waals surface area contributed by atoms with Gasteiger partial charge in [-0.2, -0.15) is 0 Å². The summed E-state index contributed by atoms with van der Waals surface area (Å²) in [4.78, 5) is 13.3. The summed E-state index contributed by atoms with van der Waals surface area (Å²) in [6.45, 7) is 34.7. The lowest BCUT2D eigenvalue weighted by Crippen LogP contribution is -2.13. The lowest BCUT2D eigenvalue weighted by Gasteiger charge is -2.18. The van der Waals surface area contributed by atoms with E-state index in [9.17, 15) is 0 Å². The van der Waals surface area contributed by atoms with E-state index in [0.717, 1.165) is 22.6 Å². The van der Waals surface area contributed by atoms with E-state index in [2.05, 4.69) is 193 Å². The number of fused-ring (bicyclic) bond motifs is 1. The van der Waals surface area contributed by atoms with Gasteiger partial charge in [-0.1, -0.05) is 149 Å². The van der Waals surface area contributed by atoms with Gasteiger partial charge in [0.2, 0.25) is 0 Å². The largest absolute Gasteiger partial charge is 0.261 e. The maximum Gasteiger partial charge on any atom is 0.0734 e. The fourth-order valence-electron chi connectivity index (χ4n) is 4.59. The van der Waals surface area contributed by atoms with Crippen LogP contribution in [0.3, 0.4) is 0 Å². The number of aromatic nitrogens is 3. The minimum atomic E-state index is 0.121. The van der Waals surface area contributed by atoms with Gasteiger partial charge in [0.1, 0.15) is 0 Å². The molecule has 0 fully saturated rings. The molecule has 0 amide bonds. The minimum absolute atomic E-state index is 0.121. The number of rotatable bonds is 0. The van der Waals surface area contributed by atoms with Crippen LogP contribution in [0.5, 0.6) is 0 Å². The predicted octanol–water partition coefficient (Wildman–Crippen LogP) is 12.5. The molecule has 3 heteroatoms. The fraction of sp³-hybridized carbons (Fsp3) is 0.444. The Morgan fingerprint density at radius 3 is 1.40 bits per heavy atom. The normalized spacial score (nSPS) is 11.8. The number of hydrogen-bond acceptors (Lipinski definition) is 3. The predicted molar refractivity (Wildman–Crippen MR) is 210 cm³/mol. The molecule has 5 rings (SSSR count). The molecule has 3 heterocycles. The second-order valence-corrected chi connectivity index (χ2v) is 17.1. The quantitative estimate of drug-likeness (QED) is 0.168. The molecule has 0 aliphatic heterocycles. The molecule has 0 radical (unpaired) electrons. The van der Waals surface area contributed by atoms with Crippen molar-refractivity contribution in [3.63, 3.8) is 0 Å². The van der Waals surface area contributed by atoms with E-state index in [1.54, 1.807) is 0 Å². The summed E-state index contributed by atoms with van der Waals surface area (Å²) in [6, 6.07) is 27.7. The Morgan fingerprint density at radius 1 is 0.417 bits per heavy atom. The molecule has 2 aromatic carbocycles. The molecule has 48 heavy (non-hydrogen) atoms. The van der Waals surface area contributed by atoms with E-state index in [4.69, 9.17) is 4.98 Å². The van der Waals surface area contributed by atoms with E-state index in [-0.39, 0.29) is 21.7 Å². The van der Waals surface area contributed by atoms with Crippen LogP contribution in [-0.4, -0.2) is 15.0 Å². The Bertz CT molecular complexity index is 1550. The molecule has 0 aliphatic carbocycles. The lowest BCUT2D eigenvalue weighted by atomic mass is 9.87. The van der Waals surface area contributed by atoms with Crippen molar-refractivity contribution in [2.24, 2.45) is 0 Å². The average Bonchev–Trinajstić information content (AvgIpc) is 2.97. The van der Waals surface area contributed by atoms with Crippen LogP contribution in [0.1, 0.15) is 128 Å². The van der Waals surface area contributed by atoms with Crippen LogP contribution >= 0.6 is 0 Å². The molecular weight excluding hydrogens is 583 g/mol. The summed E-state index contributed by atoms with van der Waals surface area (Å²) in [5.74, 6) is 0. The van der Waals surface area contributed by atoms with Crippen LogP contribution in [0.4, 0.5) is 0 Å². The first-order valence-corrected chi connectivity index (χ1v) is 17.3. The monoisotopic (exact) mass is 646 g/mol. The zero-order valence-electron chi connectivity index (χ0n) is 33.0. The molecule has 0 saturated heterocycles. The van der Waals surface area contributed by atoms with Crippen molar-refractivity contribution in [2.45, 2.75) is 132 Å². The molecule has 0 saturated carbocycles. The molecule has 0 atom stereocenters. The molecule has 0 spiro atoms. The molecule has 0 bridgehead atoms. The van der Waals surface area contributed by atoms with Crippen molar-refractivity contribution >= 4 is 10.9 Å². The molecule has 3 nitrogen and oxygen atoms in total. The first-order valence-electron chi connectivity index (χ1n) is 17.3. The highest BCUT2D eigenvalue weighted by molar-refractivity contribution is 5.81. The van der Waals surface area contributed by atoms with Crippen LogP contribution in [0.25, 0.3) is 10.9 Å². The van der Waals surface area contributed by atoms with Crippen LogP contribution in [0.2, 0.25) is 0 Å². The number of nitrogens with zero attached hydrogens (tertiary/aromatic N) is 3. The van der Waals surface area contributed by atoms with Crippen LogP contribution < -0.4 is 0 Å². The van der Waals surface area contributed by atoms with Crippen LogP contribution in [0.15, 0.2) is 91.3 Å². The molecule has 0 N–H and O–H groups in total. The third-order valence-corrected chi connectivity index (χ3v) is 8.07. The lowest BCUT2D eigenvalue weighted by molar-refractivity contribution is 0.568. The van der Waals surface area contributed by atoms with Crippen molar-refractivity contribution in [3.8, 4) is 0 Å². The van der Waals surface area contributed by atoms with E-state index >= 15 is 0 Å². The van der Waals surface area contributed by atoms with E-state index in [0.29, 0.717) is 0 Å². The first-order chi connectivity index (χ1) is 22.0. The van der Waals surface area contributed by atoms with Crippen molar-refractivity contribution in [1.82, 2.24) is 15.0 Å². The highest BCUT2D eigenvalue weighted by Crippen LogP contribution is 2.25. The Kier molecular flexibility index (Phi) is 13.9. The second-order valence-electron chi connectivity index (χ2n) is 17.1. The van der Waals surface area contributed by atoms with Gasteiger partial charge in [-0.05, 0) is 79.0 Å². The van der Waals surface area contributed by atoms with Gasteiger partial charge in [0.25, 0.3) is 0 Å². The first kappa shape index (κ1) is 40.3. The third-order valence-electron chi connectivity index (χ3n) is 8.07. The highest BCUT2D eigenvalue weighted by atomic mass is 14.7. The Hall–Kier alpha value is -3.85. The summed E-state index contributed by atoms with van der Waals surface area (Å²) >= 11 is 0. The summed E-state index contributed by atoms with van der Waals surface area (Å²) in [5, 5.41) is 1.23. The molecular formula is C45H63N3. The van der Waals surface area contributed by atoms with Gasteiger partial charge in [-0.25, -0.2) is 0 Å². The number of benzene rings is 2. The SMILES string of the molecule is Cc1ccc(C(C)(C)C)cc1.Cc1ccc(C(C)(C)C)cn1.Cc1ccc(C(C)(C)C)nc1.Cc1cccc2ccc(C(C)(C)C)nc12. The topological polar surface area (TPSA) is 38.7 Å². The average molecular weight is 646 g/mol. The third kappa shape index (κ3) is 13.3. The van der Waals surface area contributed by atoms with Gasteiger partial charge in [-0.15, -0.1) is 0 Å². The van der Waals surface area contributed by atoms with Gasteiger partial charge in [-0.3, -0.25) is 15.0 Å². The van der Waals surface area contributed by atoms with Crippen molar-refractivity contribution < 1.29 is 0 Å². The minimum Gasteiger partial charge on any atom is -0.261 e. The van der Waals surface area contributed by atoms with Crippen molar-refractivity contribution in [2.75, 3.05) is 0 Å². The summed E-state index contributed by atoms with van der Waals surface area (Å²) in [7, 11) is 0. The fourth-order valence-corrected chi connectivity index (χ4v) is 4.59. The number of aryl methyl sites for hydroxylation is 4. The van der Waals surface area contributed by atoms with Gasteiger partial charge in [0.05, 0.1) is 5.52 Å². The van der Waals surface area contributed by atoms with E-state index in [1.807, 2.05) is 19.3 Å².